The van der Waals surface area contributed by atoms with Gasteiger partial charge < -0.3 is 10.6 Å². The van der Waals surface area contributed by atoms with Crippen LogP contribution in [0, 0.1) is 6.92 Å². The van der Waals surface area contributed by atoms with Gasteiger partial charge >= 0.3 is 0 Å². The molecule has 1 amide bonds. The standard InChI is InChI=1S/C10H14N2O/c1-7-4-5-8(10(13)12-3)9(6-7)11-2/h4-6,11H,1-3H3,(H,12,13). The Morgan fingerprint density at radius 2 is 2.00 bits per heavy atom. The molecule has 0 bridgehead atoms. The molecule has 0 fully saturated rings. The number of hydrogen-bond donors (Lipinski definition) is 2. The number of amides is 1. The van der Waals surface area contributed by atoms with E-state index in [9.17, 15) is 4.79 Å². The maximum atomic E-state index is 11.4. The van der Waals surface area contributed by atoms with E-state index in [-0.39, 0.29) is 5.91 Å². The molecule has 3 nitrogen and oxygen atoms in total. The number of rotatable bonds is 2. The third kappa shape index (κ3) is 1.99. The van der Waals surface area contributed by atoms with Crippen LogP contribution in [0.25, 0.3) is 0 Å². The molecule has 3 heteroatoms. The number of carbonyl (C=O) groups is 1. The van der Waals surface area contributed by atoms with Gasteiger partial charge in [-0.05, 0) is 24.6 Å². The number of hydrogen-bond acceptors (Lipinski definition) is 2. The van der Waals surface area contributed by atoms with Gasteiger partial charge in [-0.1, -0.05) is 6.07 Å². The van der Waals surface area contributed by atoms with Gasteiger partial charge in [-0.25, -0.2) is 0 Å². The first-order chi connectivity index (χ1) is 6.19. The average Bonchev–Trinajstić information content (AvgIpc) is 2.16. The van der Waals surface area contributed by atoms with Crippen LogP contribution in [0.5, 0.6) is 0 Å². The topological polar surface area (TPSA) is 41.1 Å². The van der Waals surface area contributed by atoms with E-state index in [1.165, 1.54) is 0 Å². The lowest BCUT2D eigenvalue weighted by Gasteiger charge is -2.08. The summed E-state index contributed by atoms with van der Waals surface area (Å²) in [5.41, 5.74) is 2.67. The molecule has 2 N–H and O–H groups in total. The first-order valence-electron chi connectivity index (χ1n) is 4.19. The van der Waals surface area contributed by atoms with Gasteiger partial charge in [-0.3, -0.25) is 4.79 Å². The van der Waals surface area contributed by atoms with Crippen LogP contribution in [-0.4, -0.2) is 20.0 Å². The maximum Gasteiger partial charge on any atom is 0.253 e. The van der Waals surface area contributed by atoms with E-state index in [2.05, 4.69) is 10.6 Å². The Balaban J connectivity index is 3.13. The van der Waals surface area contributed by atoms with Gasteiger partial charge in [0, 0.05) is 19.8 Å². The minimum atomic E-state index is -0.0654. The molecule has 1 rings (SSSR count). The summed E-state index contributed by atoms with van der Waals surface area (Å²) in [4.78, 5) is 11.4. The zero-order valence-electron chi connectivity index (χ0n) is 8.14. The molecule has 0 aromatic heterocycles. The Hall–Kier alpha value is -1.51. The number of carbonyl (C=O) groups excluding carboxylic acids is 1. The molecule has 0 unspecified atom stereocenters. The molecule has 0 spiro atoms. The van der Waals surface area contributed by atoms with Crippen molar-refractivity contribution < 1.29 is 4.79 Å². The molecule has 0 heterocycles. The number of nitrogens with one attached hydrogen (secondary N) is 2. The van der Waals surface area contributed by atoms with Crippen LogP contribution in [0.4, 0.5) is 5.69 Å². The zero-order chi connectivity index (χ0) is 9.84. The predicted molar refractivity (Wildman–Crippen MR) is 54.1 cm³/mol. The van der Waals surface area contributed by atoms with E-state index in [1.54, 1.807) is 14.1 Å². The SMILES string of the molecule is CNC(=O)c1ccc(C)cc1NC. The fraction of sp³-hybridized carbons (Fsp3) is 0.300. The second-order valence-electron chi connectivity index (χ2n) is 2.88. The van der Waals surface area contributed by atoms with Crippen LogP contribution in [0.2, 0.25) is 0 Å². The molecule has 1 aromatic rings. The summed E-state index contributed by atoms with van der Waals surface area (Å²) in [6.07, 6.45) is 0. The lowest BCUT2D eigenvalue weighted by atomic mass is 10.1. The normalized spacial score (nSPS) is 9.46. The van der Waals surface area contributed by atoms with E-state index in [0.29, 0.717) is 5.56 Å². The Morgan fingerprint density at radius 1 is 1.31 bits per heavy atom. The van der Waals surface area contributed by atoms with Crippen molar-refractivity contribution in [2.45, 2.75) is 6.92 Å². The number of benzene rings is 1. The van der Waals surface area contributed by atoms with Gasteiger partial charge in [0.05, 0.1) is 5.56 Å². The fourth-order valence-electron chi connectivity index (χ4n) is 1.20. The molecule has 0 aliphatic rings. The van der Waals surface area contributed by atoms with Crippen molar-refractivity contribution in [2.24, 2.45) is 0 Å². The van der Waals surface area contributed by atoms with Crippen molar-refractivity contribution in [3.8, 4) is 0 Å². The first kappa shape index (κ1) is 9.58. The summed E-state index contributed by atoms with van der Waals surface area (Å²) in [5.74, 6) is -0.0654. The molecule has 1 aromatic carbocycles. The van der Waals surface area contributed by atoms with Gasteiger partial charge in [0.15, 0.2) is 0 Å². The van der Waals surface area contributed by atoms with Crippen molar-refractivity contribution in [2.75, 3.05) is 19.4 Å². The van der Waals surface area contributed by atoms with E-state index >= 15 is 0 Å². The summed E-state index contributed by atoms with van der Waals surface area (Å²) in [6, 6.07) is 5.69. The van der Waals surface area contributed by atoms with Crippen molar-refractivity contribution in [1.29, 1.82) is 0 Å². The first-order valence-corrected chi connectivity index (χ1v) is 4.19. The number of aryl methyl sites for hydroxylation is 1. The molecule has 13 heavy (non-hydrogen) atoms. The highest BCUT2D eigenvalue weighted by Crippen LogP contribution is 2.16. The molecular weight excluding hydrogens is 164 g/mol. The van der Waals surface area contributed by atoms with Crippen LogP contribution in [-0.2, 0) is 0 Å². The van der Waals surface area contributed by atoms with Gasteiger partial charge in [0.1, 0.15) is 0 Å². The van der Waals surface area contributed by atoms with Crippen LogP contribution in [0.3, 0.4) is 0 Å². The van der Waals surface area contributed by atoms with Crippen LogP contribution in [0.15, 0.2) is 18.2 Å². The highest BCUT2D eigenvalue weighted by Gasteiger charge is 2.07. The summed E-state index contributed by atoms with van der Waals surface area (Å²) in [5, 5.41) is 5.59. The van der Waals surface area contributed by atoms with Crippen LogP contribution >= 0.6 is 0 Å². The van der Waals surface area contributed by atoms with Crippen LogP contribution in [0.1, 0.15) is 15.9 Å². The van der Waals surface area contributed by atoms with Gasteiger partial charge in [0.25, 0.3) is 5.91 Å². The van der Waals surface area contributed by atoms with Crippen molar-refractivity contribution in [3.63, 3.8) is 0 Å². The van der Waals surface area contributed by atoms with E-state index < -0.39 is 0 Å². The maximum absolute atomic E-state index is 11.4. The quantitative estimate of drug-likeness (QED) is 0.718. The fourth-order valence-corrected chi connectivity index (χ4v) is 1.20. The lowest BCUT2D eigenvalue weighted by Crippen LogP contribution is -2.19. The lowest BCUT2D eigenvalue weighted by molar-refractivity contribution is 0.0964. The Bertz CT molecular complexity index is 321. The average molecular weight is 178 g/mol. The molecule has 0 saturated heterocycles. The molecule has 0 saturated carbocycles. The van der Waals surface area contributed by atoms with E-state index in [0.717, 1.165) is 11.3 Å². The van der Waals surface area contributed by atoms with Crippen molar-refractivity contribution >= 4 is 11.6 Å². The predicted octanol–water partition coefficient (Wildman–Crippen LogP) is 1.40. The van der Waals surface area contributed by atoms with Gasteiger partial charge in [-0.2, -0.15) is 0 Å². The van der Waals surface area contributed by atoms with E-state index in [4.69, 9.17) is 0 Å². The highest BCUT2D eigenvalue weighted by atomic mass is 16.1. The van der Waals surface area contributed by atoms with Crippen molar-refractivity contribution in [3.05, 3.63) is 29.3 Å². The summed E-state index contributed by atoms with van der Waals surface area (Å²) in [6.45, 7) is 1.99. The summed E-state index contributed by atoms with van der Waals surface area (Å²) in [7, 11) is 3.43. The number of anilines is 1. The Kier molecular flexibility index (Phi) is 2.90. The van der Waals surface area contributed by atoms with Crippen LogP contribution < -0.4 is 10.6 Å². The zero-order valence-corrected chi connectivity index (χ0v) is 8.14. The van der Waals surface area contributed by atoms with E-state index in [1.807, 2.05) is 25.1 Å². The highest BCUT2D eigenvalue weighted by molar-refractivity contribution is 5.99. The largest absolute Gasteiger partial charge is 0.387 e. The Labute approximate surface area is 78.2 Å². The molecule has 0 aliphatic heterocycles. The molecule has 70 valence electrons. The summed E-state index contributed by atoms with van der Waals surface area (Å²) < 4.78 is 0. The van der Waals surface area contributed by atoms with Gasteiger partial charge in [-0.15, -0.1) is 0 Å². The van der Waals surface area contributed by atoms with Gasteiger partial charge in [0.2, 0.25) is 0 Å². The third-order valence-electron chi connectivity index (χ3n) is 1.92. The smallest absolute Gasteiger partial charge is 0.253 e. The molecule has 0 aliphatic carbocycles. The third-order valence-corrected chi connectivity index (χ3v) is 1.92. The van der Waals surface area contributed by atoms with Crippen molar-refractivity contribution in [1.82, 2.24) is 5.32 Å². The minimum Gasteiger partial charge on any atom is -0.387 e. The molecule has 0 radical (unpaired) electrons. The molecule has 0 atom stereocenters. The minimum absolute atomic E-state index is 0.0654. The second kappa shape index (κ2) is 3.94. The second-order valence-corrected chi connectivity index (χ2v) is 2.88. The summed E-state index contributed by atoms with van der Waals surface area (Å²) >= 11 is 0. The Morgan fingerprint density at radius 3 is 2.54 bits per heavy atom. The molecular formula is C10H14N2O. The monoisotopic (exact) mass is 178 g/mol.